The topological polar surface area (TPSA) is 66.8 Å². The number of rotatable bonds is 7. The van der Waals surface area contributed by atoms with Crippen molar-refractivity contribution in [3.8, 4) is 0 Å². The minimum absolute atomic E-state index is 0.137. The van der Waals surface area contributed by atoms with E-state index in [4.69, 9.17) is 0 Å². The van der Waals surface area contributed by atoms with Gasteiger partial charge in [-0.2, -0.15) is 0 Å². The first kappa shape index (κ1) is 17.8. The number of carbonyl (C=O) groups is 1. The number of H-pyrrole nitrogens is 1. The molecular weight excluding hydrogens is 370 g/mol. The summed E-state index contributed by atoms with van der Waals surface area (Å²) in [4.78, 5) is 18.6. The van der Waals surface area contributed by atoms with Crippen molar-refractivity contribution >= 4 is 34.4 Å². The van der Waals surface area contributed by atoms with Gasteiger partial charge in [0.05, 0.1) is 5.75 Å². The SMILES string of the molecule is CCc1cccc2c(C(=O)CSc3nnc(N4CCCC4)n3C3CC3)c[nH]c12. The zero-order valence-electron chi connectivity index (χ0n) is 16.1. The number of hydrogen-bond donors (Lipinski definition) is 1. The Balaban J connectivity index is 1.36. The molecule has 0 atom stereocenters. The Morgan fingerprint density at radius 3 is 2.82 bits per heavy atom. The van der Waals surface area contributed by atoms with Gasteiger partial charge in [-0.05, 0) is 37.7 Å². The molecule has 0 spiro atoms. The molecule has 2 fully saturated rings. The van der Waals surface area contributed by atoms with Gasteiger partial charge in [0.2, 0.25) is 5.95 Å². The van der Waals surface area contributed by atoms with Crippen LogP contribution in [0.15, 0.2) is 29.6 Å². The highest BCUT2D eigenvalue weighted by atomic mass is 32.2. The number of Topliss-reactive ketones (excluding diaryl/α,β-unsaturated/α-hetero) is 1. The number of aromatic nitrogens is 4. The maximum absolute atomic E-state index is 12.9. The van der Waals surface area contributed by atoms with Gasteiger partial charge in [0.1, 0.15) is 0 Å². The number of fused-ring (bicyclic) bond motifs is 1. The Morgan fingerprint density at radius 2 is 2.07 bits per heavy atom. The van der Waals surface area contributed by atoms with Crippen LogP contribution in [0.1, 0.15) is 54.6 Å². The summed E-state index contributed by atoms with van der Waals surface area (Å²) in [5.74, 6) is 1.51. The molecule has 1 aliphatic heterocycles. The summed E-state index contributed by atoms with van der Waals surface area (Å²) < 4.78 is 2.27. The Kier molecular flexibility index (Phi) is 4.62. The maximum Gasteiger partial charge on any atom is 0.228 e. The van der Waals surface area contributed by atoms with Gasteiger partial charge in [-0.15, -0.1) is 10.2 Å². The monoisotopic (exact) mass is 395 g/mol. The number of hydrogen-bond acceptors (Lipinski definition) is 5. The molecule has 1 N–H and O–H groups in total. The standard InChI is InChI=1S/C21H25N5OS/c1-2-14-6-5-7-16-17(12-22-19(14)16)18(27)13-28-21-24-23-20(25-10-3-4-11-25)26(21)15-8-9-15/h5-7,12,15,22H,2-4,8-11,13H2,1H3. The van der Waals surface area contributed by atoms with Crippen LogP contribution >= 0.6 is 11.8 Å². The van der Waals surface area contributed by atoms with Crippen molar-refractivity contribution in [3.05, 3.63) is 35.5 Å². The number of anilines is 1. The molecular formula is C21H25N5OS. The predicted octanol–water partition coefficient (Wildman–Crippen LogP) is 4.23. The van der Waals surface area contributed by atoms with Gasteiger partial charge in [0.25, 0.3) is 0 Å². The second-order valence-corrected chi connectivity index (χ2v) is 8.63. The van der Waals surface area contributed by atoms with Crippen LogP contribution in [-0.4, -0.2) is 44.4 Å². The highest BCUT2D eigenvalue weighted by molar-refractivity contribution is 7.99. The lowest BCUT2D eigenvalue weighted by Crippen LogP contribution is -2.22. The van der Waals surface area contributed by atoms with Crippen molar-refractivity contribution in [2.45, 2.75) is 50.2 Å². The Bertz CT molecular complexity index is 1010. The summed E-state index contributed by atoms with van der Waals surface area (Å²) in [5.41, 5.74) is 3.10. The van der Waals surface area contributed by atoms with Crippen molar-refractivity contribution in [1.82, 2.24) is 19.7 Å². The number of nitrogens with one attached hydrogen (secondary N) is 1. The quantitative estimate of drug-likeness (QED) is 0.479. The van der Waals surface area contributed by atoms with E-state index in [0.717, 1.165) is 47.1 Å². The summed E-state index contributed by atoms with van der Waals surface area (Å²) in [7, 11) is 0. The Morgan fingerprint density at radius 1 is 1.25 bits per heavy atom. The van der Waals surface area contributed by atoms with E-state index < -0.39 is 0 Å². The molecule has 28 heavy (non-hydrogen) atoms. The fourth-order valence-corrected chi connectivity index (χ4v) is 4.99. The average Bonchev–Trinajstić information content (AvgIpc) is 3.14. The van der Waals surface area contributed by atoms with Gasteiger partial charge in [-0.25, -0.2) is 0 Å². The summed E-state index contributed by atoms with van der Waals surface area (Å²) in [6.45, 7) is 4.25. The van der Waals surface area contributed by atoms with E-state index in [1.165, 1.54) is 43.0 Å². The molecule has 0 amide bonds. The fourth-order valence-electron chi connectivity index (χ4n) is 4.10. The van der Waals surface area contributed by atoms with E-state index in [-0.39, 0.29) is 5.78 Å². The van der Waals surface area contributed by atoms with Gasteiger partial charge in [0, 0.05) is 41.8 Å². The van der Waals surface area contributed by atoms with E-state index in [1.807, 2.05) is 18.3 Å². The summed E-state index contributed by atoms with van der Waals surface area (Å²) in [6, 6.07) is 6.68. The van der Waals surface area contributed by atoms with Gasteiger partial charge < -0.3 is 9.88 Å². The van der Waals surface area contributed by atoms with Crippen molar-refractivity contribution in [3.63, 3.8) is 0 Å². The zero-order chi connectivity index (χ0) is 19.1. The second kappa shape index (κ2) is 7.28. The van der Waals surface area contributed by atoms with Crippen molar-refractivity contribution in [2.24, 2.45) is 0 Å². The third-order valence-electron chi connectivity index (χ3n) is 5.76. The maximum atomic E-state index is 12.9. The van der Waals surface area contributed by atoms with Crippen molar-refractivity contribution in [2.75, 3.05) is 23.7 Å². The molecule has 3 aromatic rings. The number of thioether (sulfide) groups is 1. The van der Waals surface area contributed by atoms with Crippen molar-refractivity contribution < 1.29 is 4.79 Å². The first-order valence-electron chi connectivity index (χ1n) is 10.2. The molecule has 1 aliphatic carbocycles. The first-order valence-corrected chi connectivity index (χ1v) is 11.2. The smallest absolute Gasteiger partial charge is 0.228 e. The number of ketones is 1. The molecule has 2 aliphatic rings. The molecule has 146 valence electrons. The number of carbonyl (C=O) groups excluding carboxylic acids is 1. The van der Waals surface area contributed by atoms with E-state index in [1.54, 1.807) is 0 Å². The van der Waals surface area contributed by atoms with Gasteiger partial charge in [-0.3, -0.25) is 9.36 Å². The number of para-hydroxylation sites is 1. The molecule has 0 unspecified atom stereocenters. The van der Waals surface area contributed by atoms with Crippen LogP contribution in [0.3, 0.4) is 0 Å². The molecule has 0 radical (unpaired) electrons. The predicted molar refractivity (Wildman–Crippen MR) is 112 cm³/mol. The molecule has 2 aromatic heterocycles. The molecule has 6 nitrogen and oxygen atoms in total. The van der Waals surface area contributed by atoms with Crippen LogP contribution in [0, 0.1) is 0 Å². The summed E-state index contributed by atoms with van der Waals surface area (Å²) in [6.07, 6.45) is 7.61. The third-order valence-corrected chi connectivity index (χ3v) is 6.71. The van der Waals surface area contributed by atoms with Crippen LogP contribution in [0.5, 0.6) is 0 Å². The lowest BCUT2D eigenvalue weighted by molar-refractivity contribution is 0.102. The third kappa shape index (κ3) is 3.11. The van der Waals surface area contributed by atoms with Gasteiger partial charge >= 0.3 is 0 Å². The largest absolute Gasteiger partial charge is 0.360 e. The average molecular weight is 396 g/mol. The Hall–Kier alpha value is -2.28. The van der Waals surface area contributed by atoms with E-state index in [0.29, 0.717) is 11.8 Å². The van der Waals surface area contributed by atoms with Crippen LogP contribution in [-0.2, 0) is 6.42 Å². The second-order valence-electron chi connectivity index (χ2n) is 7.69. The zero-order valence-corrected chi connectivity index (χ0v) is 17.0. The van der Waals surface area contributed by atoms with Gasteiger partial charge in [-0.1, -0.05) is 36.9 Å². The molecule has 0 bridgehead atoms. The summed E-state index contributed by atoms with van der Waals surface area (Å²) >= 11 is 1.52. The molecule has 1 aromatic carbocycles. The van der Waals surface area contributed by atoms with E-state index >= 15 is 0 Å². The fraction of sp³-hybridized carbons (Fsp3) is 0.476. The minimum Gasteiger partial charge on any atom is -0.360 e. The van der Waals surface area contributed by atoms with Crippen molar-refractivity contribution in [1.29, 1.82) is 0 Å². The summed E-state index contributed by atoms with van der Waals surface area (Å²) in [5, 5.41) is 10.8. The number of aromatic amines is 1. The lowest BCUT2D eigenvalue weighted by atomic mass is 10.1. The Labute approximate surface area is 168 Å². The molecule has 1 saturated heterocycles. The molecule has 7 heteroatoms. The molecule has 5 rings (SSSR count). The molecule has 1 saturated carbocycles. The van der Waals surface area contributed by atoms with Crippen LogP contribution in [0.2, 0.25) is 0 Å². The minimum atomic E-state index is 0.137. The van der Waals surface area contributed by atoms with E-state index in [2.05, 4.69) is 37.6 Å². The number of aryl methyl sites for hydroxylation is 1. The number of benzene rings is 1. The normalized spacial score (nSPS) is 17.0. The van der Waals surface area contributed by atoms with Crippen LogP contribution < -0.4 is 4.90 Å². The van der Waals surface area contributed by atoms with Crippen LogP contribution in [0.4, 0.5) is 5.95 Å². The van der Waals surface area contributed by atoms with Gasteiger partial charge in [0.15, 0.2) is 10.9 Å². The highest BCUT2D eigenvalue weighted by Crippen LogP contribution is 2.41. The van der Waals surface area contributed by atoms with E-state index in [9.17, 15) is 4.79 Å². The number of nitrogens with zero attached hydrogens (tertiary/aromatic N) is 4. The first-order chi connectivity index (χ1) is 13.8. The highest BCUT2D eigenvalue weighted by Gasteiger charge is 2.32. The molecule has 3 heterocycles. The lowest BCUT2D eigenvalue weighted by Gasteiger charge is -2.17. The van der Waals surface area contributed by atoms with Crippen LogP contribution in [0.25, 0.3) is 10.9 Å².